The molecule has 0 aromatic heterocycles. The van der Waals surface area contributed by atoms with E-state index in [1.165, 1.54) is 25.3 Å². The van der Waals surface area contributed by atoms with Crippen LogP contribution >= 0.6 is 0 Å². The maximum absolute atomic E-state index is 11.9. The van der Waals surface area contributed by atoms with E-state index in [0.29, 0.717) is 11.4 Å². The molecule has 0 bridgehead atoms. The Labute approximate surface area is 133 Å². The van der Waals surface area contributed by atoms with E-state index in [1.54, 1.807) is 12.1 Å². The molecule has 7 heteroatoms. The minimum Gasteiger partial charge on any atom is -0.494 e. The minimum atomic E-state index is -0.533. The number of methoxy groups -OCH3 is 1. The number of nitro groups is 1. The number of anilines is 1. The maximum Gasteiger partial charge on any atom is 0.273 e. The fourth-order valence-corrected chi connectivity index (χ4v) is 1.87. The summed E-state index contributed by atoms with van der Waals surface area (Å²) in [6.07, 6.45) is 0. The van der Waals surface area contributed by atoms with Gasteiger partial charge in [0.1, 0.15) is 11.5 Å². The number of ether oxygens (including phenoxy) is 2. The fourth-order valence-electron chi connectivity index (χ4n) is 1.87. The summed E-state index contributed by atoms with van der Waals surface area (Å²) >= 11 is 0. The van der Waals surface area contributed by atoms with Crippen LogP contribution in [0.3, 0.4) is 0 Å². The molecular formula is C16H16N2O5. The van der Waals surface area contributed by atoms with Crippen LogP contribution in [0, 0.1) is 17.0 Å². The van der Waals surface area contributed by atoms with Gasteiger partial charge in [0.05, 0.1) is 23.8 Å². The molecular weight excluding hydrogens is 300 g/mol. The second kappa shape index (κ2) is 7.26. The highest BCUT2D eigenvalue weighted by atomic mass is 16.6. The lowest BCUT2D eigenvalue weighted by Crippen LogP contribution is -2.20. The molecule has 2 aromatic carbocycles. The molecule has 2 rings (SSSR count). The lowest BCUT2D eigenvalue weighted by atomic mass is 10.2. The van der Waals surface area contributed by atoms with Crippen LogP contribution in [0.4, 0.5) is 11.4 Å². The first-order valence-electron chi connectivity index (χ1n) is 6.81. The van der Waals surface area contributed by atoms with Gasteiger partial charge in [-0.05, 0) is 25.1 Å². The van der Waals surface area contributed by atoms with Crippen molar-refractivity contribution < 1.29 is 19.2 Å². The average Bonchev–Trinajstić information content (AvgIpc) is 2.54. The van der Waals surface area contributed by atoms with E-state index in [4.69, 9.17) is 9.47 Å². The molecule has 0 atom stereocenters. The summed E-state index contributed by atoms with van der Waals surface area (Å²) < 4.78 is 10.4. The molecule has 0 aliphatic carbocycles. The average molecular weight is 316 g/mol. The number of amides is 1. The summed E-state index contributed by atoms with van der Waals surface area (Å²) in [5, 5.41) is 13.3. The van der Waals surface area contributed by atoms with Gasteiger partial charge < -0.3 is 14.8 Å². The van der Waals surface area contributed by atoms with Crippen LogP contribution in [0.1, 0.15) is 5.56 Å². The fraction of sp³-hybridized carbons (Fsp3) is 0.188. The summed E-state index contributed by atoms with van der Waals surface area (Å²) in [5.41, 5.74) is 1.32. The Balaban J connectivity index is 1.99. The zero-order chi connectivity index (χ0) is 16.8. The predicted octanol–water partition coefficient (Wildman–Crippen LogP) is 2.93. The molecule has 23 heavy (non-hydrogen) atoms. The lowest BCUT2D eigenvalue weighted by molar-refractivity contribution is -0.384. The minimum absolute atomic E-state index is 0.115. The molecule has 2 aromatic rings. The Kier molecular flexibility index (Phi) is 5.14. The second-order valence-electron chi connectivity index (χ2n) is 4.79. The Morgan fingerprint density at radius 1 is 1.22 bits per heavy atom. The molecule has 0 saturated heterocycles. The Hall–Kier alpha value is -3.09. The van der Waals surface area contributed by atoms with Crippen molar-refractivity contribution >= 4 is 17.3 Å². The van der Waals surface area contributed by atoms with E-state index in [0.717, 1.165) is 5.56 Å². The third-order valence-corrected chi connectivity index (χ3v) is 3.06. The van der Waals surface area contributed by atoms with E-state index < -0.39 is 10.8 Å². The standard InChI is InChI=1S/C16H16N2O5/c1-11-3-6-13(7-4-11)23-10-16(19)17-14-8-5-12(18(20)21)9-15(14)22-2/h3-9H,10H2,1-2H3,(H,17,19). The highest BCUT2D eigenvalue weighted by Gasteiger charge is 2.13. The van der Waals surface area contributed by atoms with Crippen LogP contribution in [0.5, 0.6) is 11.5 Å². The second-order valence-corrected chi connectivity index (χ2v) is 4.79. The van der Waals surface area contributed by atoms with Gasteiger partial charge in [-0.3, -0.25) is 14.9 Å². The molecule has 0 aliphatic rings. The zero-order valence-electron chi connectivity index (χ0n) is 12.7. The van der Waals surface area contributed by atoms with E-state index in [2.05, 4.69) is 5.32 Å². The van der Waals surface area contributed by atoms with Gasteiger partial charge in [-0.25, -0.2) is 0 Å². The van der Waals surface area contributed by atoms with Gasteiger partial charge in [0.2, 0.25) is 0 Å². The van der Waals surface area contributed by atoms with Crippen molar-refractivity contribution in [3.63, 3.8) is 0 Å². The van der Waals surface area contributed by atoms with E-state index >= 15 is 0 Å². The predicted molar refractivity (Wildman–Crippen MR) is 85.0 cm³/mol. The highest BCUT2D eigenvalue weighted by Crippen LogP contribution is 2.28. The van der Waals surface area contributed by atoms with E-state index in [-0.39, 0.29) is 18.0 Å². The molecule has 120 valence electrons. The molecule has 0 heterocycles. The smallest absolute Gasteiger partial charge is 0.273 e. The zero-order valence-corrected chi connectivity index (χ0v) is 12.7. The molecule has 0 aliphatic heterocycles. The first-order valence-corrected chi connectivity index (χ1v) is 6.81. The number of nitro benzene ring substituents is 1. The summed E-state index contributed by atoms with van der Waals surface area (Å²) in [5.74, 6) is 0.405. The molecule has 0 fully saturated rings. The largest absolute Gasteiger partial charge is 0.494 e. The monoisotopic (exact) mass is 316 g/mol. The summed E-state index contributed by atoms with van der Waals surface area (Å²) in [6, 6.07) is 11.3. The topological polar surface area (TPSA) is 90.7 Å². The molecule has 0 spiro atoms. The Morgan fingerprint density at radius 2 is 1.91 bits per heavy atom. The van der Waals surface area contributed by atoms with Crippen molar-refractivity contribution in [3.8, 4) is 11.5 Å². The molecule has 1 N–H and O–H groups in total. The summed E-state index contributed by atoms with van der Waals surface area (Å²) in [6.45, 7) is 1.78. The van der Waals surface area contributed by atoms with Crippen molar-refractivity contribution in [1.29, 1.82) is 0 Å². The van der Waals surface area contributed by atoms with E-state index in [9.17, 15) is 14.9 Å². The number of rotatable bonds is 6. The number of non-ortho nitro benzene ring substituents is 1. The number of nitrogens with one attached hydrogen (secondary N) is 1. The molecule has 0 unspecified atom stereocenters. The molecule has 0 radical (unpaired) electrons. The van der Waals surface area contributed by atoms with Gasteiger partial charge in [-0.15, -0.1) is 0 Å². The number of carbonyl (C=O) groups excluding carboxylic acids is 1. The summed E-state index contributed by atoms with van der Waals surface area (Å²) in [4.78, 5) is 22.1. The first-order chi connectivity index (χ1) is 11.0. The number of hydrogen-bond donors (Lipinski definition) is 1. The molecule has 1 amide bonds. The van der Waals surface area contributed by atoms with Crippen LogP contribution < -0.4 is 14.8 Å². The van der Waals surface area contributed by atoms with Crippen LogP contribution in [0.2, 0.25) is 0 Å². The van der Waals surface area contributed by atoms with Crippen LogP contribution in [0.25, 0.3) is 0 Å². The molecule has 0 saturated carbocycles. The van der Waals surface area contributed by atoms with Gasteiger partial charge in [-0.2, -0.15) is 0 Å². The van der Waals surface area contributed by atoms with Crippen LogP contribution in [0.15, 0.2) is 42.5 Å². The third kappa shape index (κ3) is 4.44. The number of aryl methyl sites for hydroxylation is 1. The number of hydrogen-bond acceptors (Lipinski definition) is 5. The van der Waals surface area contributed by atoms with Crippen LogP contribution in [-0.2, 0) is 4.79 Å². The van der Waals surface area contributed by atoms with Gasteiger partial charge in [0.15, 0.2) is 6.61 Å². The van der Waals surface area contributed by atoms with E-state index in [1.807, 2.05) is 19.1 Å². The van der Waals surface area contributed by atoms with Crippen molar-refractivity contribution in [3.05, 3.63) is 58.1 Å². The third-order valence-electron chi connectivity index (χ3n) is 3.06. The lowest BCUT2D eigenvalue weighted by Gasteiger charge is -2.11. The number of carbonyl (C=O) groups is 1. The van der Waals surface area contributed by atoms with Crippen molar-refractivity contribution in [2.75, 3.05) is 19.0 Å². The van der Waals surface area contributed by atoms with Crippen LogP contribution in [-0.4, -0.2) is 24.5 Å². The Bertz CT molecular complexity index is 713. The van der Waals surface area contributed by atoms with Crippen molar-refractivity contribution in [2.45, 2.75) is 6.92 Å². The highest BCUT2D eigenvalue weighted by molar-refractivity contribution is 5.93. The van der Waals surface area contributed by atoms with Gasteiger partial charge in [0.25, 0.3) is 11.6 Å². The Morgan fingerprint density at radius 3 is 2.52 bits per heavy atom. The van der Waals surface area contributed by atoms with Gasteiger partial charge in [0, 0.05) is 6.07 Å². The van der Waals surface area contributed by atoms with Gasteiger partial charge in [-0.1, -0.05) is 17.7 Å². The van der Waals surface area contributed by atoms with Gasteiger partial charge >= 0.3 is 0 Å². The van der Waals surface area contributed by atoms with Crippen molar-refractivity contribution in [1.82, 2.24) is 0 Å². The quantitative estimate of drug-likeness (QED) is 0.653. The SMILES string of the molecule is COc1cc([N+](=O)[O-])ccc1NC(=O)COc1ccc(C)cc1. The first kappa shape index (κ1) is 16.3. The maximum atomic E-state index is 11.9. The van der Waals surface area contributed by atoms with Crippen molar-refractivity contribution in [2.24, 2.45) is 0 Å². The molecule has 7 nitrogen and oxygen atoms in total. The number of benzene rings is 2. The normalized spacial score (nSPS) is 10.0. The number of nitrogens with zero attached hydrogens (tertiary/aromatic N) is 1. The summed E-state index contributed by atoms with van der Waals surface area (Å²) in [7, 11) is 1.37.